The molecule has 28 heavy (non-hydrogen) atoms. The summed E-state index contributed by atoms with van der Waals surface area (Å²) in [6.45, 7) is 3.01. The van der Waals surface area contributed by atoms with Crippen LogP contribution in [-0.2, 0) is 14.3 Å². The molecule has 1 aromatic carbocycles. The van der Waals surface area contributed by atoms with Gasteiger partial charge in [0.2, 0.25) is 5.95 Å². The maximum atomic E-state index is 12.3. The highest BCUT2D eigenvalue weighted by Gasteiger charge is 2.27. The largest absolute Gasteiger partial charge is 0.455 e. The molecule has 8 heteroatoms. The zero-order valence-corrected chi connectivity index (χ0v) is 17.3. The molecule has 1 saturated heterocycles. The van der Waals surface area contributed by atoms with Crippen LogP contribution in [0.25, 0.3) is 0 Å². The van der Waals surface area contributed by atoms with E-state index in [9.17, 15) is 9.59 Å². The lowest BCUT2D eigenvalue weighted by Crippen LogP contribution is -2.39. The molecule has 148 valence electrons. The molecule has 0 radical (unpaired) electrons. The molecule has 1 aliphatic rings. The van der Waals surface area contributed by atoms with E-state index in [0.29, 0.717) is 31.9 Å². The Morgan fingerprint density at radius 2 is 1.86 bits per heavy atom. The highest BCUT2D eigenvalue weighted by Crippen LogP contribution is 2.21. The molecule has 1 amide bonds. The second-order valence-corrected chi connectivity index (χ2v) is 7.67. The van der Waals surface area contributed by atoms with Crippen LogP contribution in [0.1, 0.15) is 31.4 Å². The topological polar surface area (TPSA) is 84.4 Å². The molecular formula is C20H23BrN4O3. The molecule has 2 aromatic rings. The van der Waals surface area contributed by atoms with Crippen molar-refractivity contribution in [1.82, 2.24) is 15.3 Å². The fourth-order valence-corrected chi connectivity index (χ4v) is 3.41. The van der Waals surface area contributed by atoms with Gasteiger partial charge in [-0.2, -0.15) is 0 Å². The molecule has 1 atom stereocenters. The van der Waals surface area contributed by atoms with Gasteiger partial charge < -0.3 is 15.0 Å². The molecular weight excluding hydrogens is 424 g/mol. The van der Waals surface area contributed by atoms with E-state index in [-0.39, 0.29) is 30.4 Å². The summed E-state index contributed by atoms with van der Waals surface area (Å²) in [6.07, 6.45) is 4.73. The number of aromatic nitrogens is 2. The minimum atomic E-state index is -0.319. The SMILES string of the molecule is CC(NC(=O)COC(=O)C1CCN(c2ncccn2)CC1)c1ccc(Br)cc1. The first-order valence-corrected chi connectivity index (χ1v) is 10.1. The number of hydrogen-bond donors (Lipinski definition) is 1. The van der Waals surface area contributed by atoms with Crippen molar-refractivity contribution >= 4 is 33.8 Å². The number of benzene rings is 1. The number of piperidine rings is 1. The zero-order valence-electron chi connectivity index (χ0n) is 15.7. The summed E-state index contributed by atoms with van der Waals surface area (Å²) in [5, 5.41) is 2.85. The molecule has 0 spiro atoms. The second kappa shape index (κ2) is 9.64. The van der Waals surface area contributed by atoms with Gasteiger partial charge in [-0.3, -0.25) is 9.59 Å². The molecule has 0 saturated carbocycles. The van der Waals surface area contributed by atoms with Crippen LogP contribution in [-0.4, -0.2) is 41.5 Å². The lowest BCUT2D eigenvalue weighted by atomic mass is 9.97. The van der Waals surface area contributed by atoms with Crippen LogP contribution in [0.3, 0.4) is 0 Å². The standard InChI is InChI=1S/C20H23BrN4O3/c1-14(15-3-5-17(21)6-4-15)24-18(26)13-28-19(27)16-7-11-25(12-8-16)20-22-9-2-10-23-20/h2-6,9-10,14,16H,7-8,11-13H2,1H3,(H,24,26). The van der Waals surface area contributed by atoms with Crippen molar-refractivity contribution in [3.8, 4) is 0 Å². The number of amides is 1. The van der Waals surface area contributed by atoms with Crippen molar-refractivity contribution in [3.05, 3.63) is 52.8 Å². The maximum absolute atomic E-state index is 12.3. The average molecular weight is 447 g/mol. The summed E-state index contributed by atoms with van der Waals surface area (Å²) in [7, 11) is 0. The minimum Gasteiger partial charge on any atom is -0.455 e. The summed E-state index contributed by atoms with van der Waals surface area (Å²) >= 11 is 3.39. The van der Waals surface area contributed by atoms with E-state index in [1.54, 1.807) is 18.5 Å². The number of rotatable bonds is 6. The number of ether oxygens (including phenoxy) is 1. The predicted molar refractivity (Wildman–Crippen MR) is 109 cm³/mol. The van der Waals surface area contributed by atoms with Crippen LogP contribution in [0.15, 0.2) is 47.2 Å². The quantitative estimate of drug-likeness (QED) is 0.686. The van der Waals surface area contributed by atoms with Gasteiger partial charge in [-0.05, 0) is 43.5 Å². The number of nitrogens with one attached hydrogen (secondary N) is 1. The highest BCUT2D eigenvalue weighted by atomic mass is 79.9. The fourth-order valence-electron chi connectivity index (χ4n) is 3.14. The Morgan fingerprint density at radius 1 is 1.21 bits per heavy atom. The third kappa shape index (κ3) is 5.51. The van der Waals surface area contributed by atoms with Crippen LogP contribution in [0, 0.1) is 5.92 Å². The number of esters is 1. The van der Waals surface area contributed by atoms with Gasteiger partial charge in [0.1, 0.15) is 0 Å². The van der Waals surface area contributed by atoms with E-state index >= 15 is 0 Å². The summed E-state index contributed by atoms with van der Waals surface area (Å²) < 4.78 is 6.21. The van der Waals surface area contributed by atoms with Crippen molar-refractivity contribution in [2.24, 2.45) is 5.92 Å². The summed E-state index contributed by atoms with van der Waals surface area (Å²) in [5.41, 5.74) is 0.985. The Bertz CT molecular complexity index is 793. The molecule has 1 N–H and O–H groups in total. The third-order valence-electron chi connectivity index (χ3n) is 4.76. The highest BCUT2D eigenvalue weighted by molar-refractivity contribution is 9.10. The molecule has 0 bridgehead atoms. The third-order valence-corrected chi connectivity index (χ3v) is 5.28. The Hall–Kier alpha value is -2.48. The van der Waals surface area contributed by atoms with Gasteiger partial charge in [0.15, 0.2) is 6.61 Å². The van der Waals surface area contributed by atoms with Gasteiger partial charge >= 0.3 is 5.97 Å². The average Bonchev–Trinajstić information content (AvgIpc) is 2.73. The zero-order chi connectivity index (χ0) is 19.9. The molecule has 7 nitrogen and oxygen atoms in total. The van der Waals surface area contributed by atoms with E-state index in [0.717, 1.165) is 10.0 Å². The van der Waals surface area contributed by atoms with Gasteiger partial charge in [0.05, 0.1) is 12.0 Å². The molecule has 1 aromatic heterocycles. The van der Waals surface area contributed by atoms with Gasteiger partial charge in [-0.1, -0.05) is 28.1 Å². The number of carbonyl (C=O) groups is 2. The molecule has 0 aliphatic carbocycles. The molecule has 2 heterocycles. The fraction of sp³-hybridized carbons (Fsp3) is 0.400. The summed E-state index contributed by atoms with van der Waals surface area (Å²) in [4.78, 5) is 34.9. The van der Waals surface area contributed by atoms with Gasteiger partial charge in [0, 0.05) is 30.0 Å². The first kappa shape index (κ1) is 20.3. The first-order chi connectivity index (χ1) is 13.5. The Morgan fingerprint density at radius 3 is 2.50 bits per heavy atom. The number of hydrogen-bond acceptors (Lipinski definition) is 6. The van der Waals surface area contributed by atoms with Crippen molar-refractivity contribution in [1.29, 1.82) is 0 Å². The van der Waals surface area contributed by atoms with Gasteiger partial charge in [-0.25, -0.2) is 9.97 Å². The van der Waals surface area contributed by atoms with Crippen LogP contribution in [0.4, 0.5) is 5.95 Å². The normalized spacial score (nSPS) is 15.7. The van der Waals surface area contributed by atoms with Crippen molar-refractivity contribution < 1.29 is 14.3 Å². The van der Waals surface area contributed by atoms with E-state index in [2.05, 4.69) is 36.1 Å². The van der Waals surface area contributed by atoms with Crippen LogP contribution < -0.4 is 10.2 Å². The number of nitrogens with zero attached hydrogens (tertiary/aromatic N) is 3. The smallest absolute Gasteiger partial charge is 0.309 e. The monoisotopic (exact) mass is 446 g/mol. The Kier molecular flexibility index (Phi) is 6.97. The van der Waals surface area contributed by atoms with E-state index in [4.69, 9.17) is 4.74 Å². The van der Waals surface area contributed by atoms with Crippen LogP contribution in [0.5, 0.6) is 0 Å². The van der Waals surface area contributed by atoms with Crippen molar-refractivity contribution in [2.75, 3.05) is 24.6 Å². The van der Waals surface area contributed by atoms with Gasteiger partial charge in [-0.15, -0.1) is 0 Å². The molecule has 1 aliphatic heterocycles. The van der Waals surface area contributed by atoms with E-state index < -0.39 is 0 Å². The number of anilines is 1. The van der Waals surface area contributed by atoms with E-state index in [1.165, 1.54) is 0 Å². The minimum absolute atomic E-state index is 0.159. The lowest BCUT2D eigenvalue weighted by molar-refractivity contribution is -0.153. The maximum Gasteiger partial charge on any atom is 0.309 e. The summed E-state index contributed by atoms with van der Waals surface area (Å²) in [6, 6.07) is 9.33. The predicted octanol–water partition coefficient (Wildman–Crippen LogP) is 2.88. The molecule has 3 rings (SSSR count). The summed E-state index contributed by atoms with van der Waals surface area (Å²) in [5.74, 6) is -0.147. The lowest BCUT2D eigenvalue weighted by Gasteiger charge is -2.30. The van der Waals surface area contributed by atoms with Crippen LogP contribution >= 0.6 is 15.9 Å². The van der Waals surface area contributed by atoms with E-state index in [1.807, 2.05) is 31.2 Å². The van der Waals surface area contributed by atoms with Crippen molar-refractivity contribution in [2.45, 2.75) is 25.8 Å². The molecule has 1 unspecified atom stereocenters. The Labute approximate surface area is 172 Å². The van der Waals surface area contributed by atoms with Crippen molar-refractivity contribution in [3.63, 3.8) is 0 Å². The second-order valence-electron chi connectivity index (χ2n) is 6.76. The first-order valence-electron chi connectivity index (χ1n) is 9.26. The molecule has 1 fully saturated rings. The van der Waals surface area contributed by atoms with Crippen LogP contribution in [0.2, 0.25) is 0 Å². The number of carbonyl (C=O) groups excluding carboxylic acids is 2. The Balaban J connectivity index is 1.40. The van der Waals surface area contributed by atoms with Gasteiger partial charge in [0.25, 0.3) is 5.91 Å². The number of halogens is 1.